The van der Waals surface area contributed by atoms with E-state index in [1.165, 1.54) is 28.6 Å². The van der Waals surface area contributed by atoms with Gasteiger partial charge in [0.15, 0.2) is 0 Å². The van der Waals surface area contributed by atoms with Gasteiger partial charge < -0.3 is 10.0 Å². The minimum absolute atomic E-state index is 0.0233. The molecular weight excluding hydrogens is 368 g/mol. The molecule has 1 aliphatic heterocycles. The molecule has 0 bridgehead atoms. The van der Waals surface area contributed by atoms with Gasteiger partial charge in [0.2, 0.25) is 10.0 Å². The highest BCUT2D eigenvalue weighted by molar-refractivity contribution is 7.89. The topological polar surface area (TPSA) is 95.0 Å². The van der Waals surface area contributed by atoms with E-state index in [0.29, 0.717) is 25.1 Å². The smallest absolute Gasteiger partial charge is 0.311 e. The number of hydrogen-bond donors (Lipinski definition) is 1. The first-order valence-corrected chi connectivity index (χ1v) is 10.8. The third kappa shape index (κ3) is 3.25. The van der Waals surface area contributed by atoms with Crippen LogP contribution in [0.25, 0.3) is 0 Å². The third-order valence-corrected chi connectivity index (χ3v) is 7.88. The molecule has 1 N–H and O–H groups in total. The van der Waals surface area contributed by atoms with Gasteiger partial charge in [0.25, 0.3) is 5.91 Å². The number of benzene rings is 1. The molecule has 2 aliphatic rings. The Morgan fingerprint density at radius 3 is 2.37 bits per heavy atom. The Morgan fingerprint density at radius 2 is 1.85 bits per heavy atom. The number of fused-ring (bicyclic) bond motifs is 1. The predicted octanol–water partition coefficient (Wildman–Crippen LogP) is 2.04. The Labute approximate surface area is 160 Å². The molecule has 2 atom stereocenters. The highest BCUT2D eigenvalue weighted by Gasteiger charge is 2.57. The van der Waals surface area contributed by atoms with E-state index in [1.807, 2.05) is 13.8 Å². The molecule has 7 nitrogen and oxygen atoms in total. The summed E-state index contributed by atoms with van der Waals surface area (Å²) < 4.78 is 27.3. The van der Waals surface area contributed by atoms with E-state index in [9.17, 15) is 23.1 Å². The van der Waals surface area contributed by atoms with Crippen LogP contribution in [-0.2, 0) is 14.8 Å². The summed E-state index contributed by atoms with van der Waals surface area (Å²) in [7, 11) is -3.78. The van der Waals surface area contributed by atoms with Gasteiger partial charge in [0.05, 0.1) is 10.3 Å². The van der Waals surface area contributed by atoms with Crippen molar-refractivity contribution in [2.45, 2.75) is 38.0 Å². The lowest BCUT2D eigenvalue weighted by molar-refractivity contribution is -0.149. The Balaban J connectivity index is 1.82. The lowest BCUT2D eigenvalue weighted by Crippen LogP contribution is -2.37. The van der Waals surface area contributed by atoms with E-state index in [4.69, 9.17) is 0 Å². The van der Waals surface area contributed by atoms with Gasteiger partial charge in [-0.2, -0.15) is 4.31 Å². The molecular formula is C19H26N2O5S. The Hall–Kier alpha value is -1.93. The lowest BCUT2D eigenvalue weighted by Gasteiger charge is -2.23. The zero-order chi connectivity index (χ0) is 19.8. The quantitative estimate of drug-likeness (QED) is 0.797. The first-order valence-electron chi connectivity index (χ1n) is 9.39. The molecule has 1 saturated heterocycles. The summed E-state index contributed by atoms with van der Waals surface area (Å²) >= 11 is 0. The van der Waals surface area contributed by atoms with Crippen LogP contribution in [0, 0.1) is 11.3 Å². The normalized spacial score (nSPS) is 25.3. The molecule has 27 heavy (non-hydrogen) atoms. The summed E-state index contributed by atoms with van der Waals surface area (Å²) in [6.07, 6.45) is 2.10. The first-order chi connectivity index (χ1) is 12.8. The predicted molar refractivity (Wildman–Crippen MR) is 99.9 cm³/mol. The van der Waals surface area contributed by atoms with Crippen LogP contribution >= 0.6 is 0 Å². The fourth-order valence-electron chi connectivity index (χ4n) is 4.39. The van der Waals surface area contributed by atoms with Crippen LogP contribution in [0.5, 0.6) is 0 Å². The van der Waals surface area contributed by atoms with Gasteiger partial charge in [0, 0.05) is 31.7 Å². The van der Waals surface area contributed by atoms with Gasteiger partial charge >= 0.3 is 5.97 Å². The highest BCUT2D eigenvalue weighted by atomic mass is 32.2. The summed E-state index contributed by atoms with van der Waals surface area (Å²) in [6.45, 7) is 5.22. The maximum Gasteiger partial charge on any atom is 0.311 e. The summed E-state index contributed by atoms with van der Waals surface area (Å²) in [4.78, 5) is 25.9. The number of hydrogen-bond acceptors (Lipinski definition) is 4. The van der Waals surface area contributed by atoms with Gasteiger partial charge in [-0.1, -0.05) is 6.42 Å². The summed E-state index contributed by atoms with van der Waals surface area (Å²) in [5.74, 6) is -1.17. The minimum atomic E-state index is -3.78. The molecule has 1 aromatic rings. The number of rotatable bonds is 6. The van der Waals surface area contributed by atoms with Gasteiger partial charge in [-0.05, 0) is 56.9 Å². The fraction of sp³-hybridized carbons (Fsp3) is 0.579. The second kappa shape index (κ2) is 7.24. The van der Waals surface area contributed by atoms with Crippen molar-refractivity contribution in [1.82, 2.24) is 9.21 Å². The SMILES string of the molecule is CCN(CC)C(=O)c1ccc(S(=O)(=O)N2C[C@@H]3CCC[C@@]3(C(=O)O)C2)cc1. The second-order valence-electron chi connectivity index (χ2n) is 7.35. The molecule has 1 heterocycles. The first kappa shape index (κ1) is 19.8. The van der Waals surface area contributed by atoms with Gasteiger partial charge in [-0.25, -0.2) is 8.42 Å². The van der Waals surface area contributed by atoms with Crippen LogP contribution < -0.4 is 0 Å². The largest absolute Gasteiger partial charge is 0.481 e. The van der Waals surface area contributed by atoms with E-state index in [-0.39, 0.29) is 29.8 Å². The van der Waals surface area contributed by atoms with Crippen molar-refractivity contribution in [3.8, 4) is 0 Å². The molecule has 0 radical (unpaired) electrons. The Bertz CT molecular complexity index is 832. The van der Waals surface area contributed by atoms with E-state index in [2.05, 4.69) is 0 Å². The maximum absolute atomic E-state index is 13.0. The van der Waals surface area contributed by atoms with Gasteiger partial charge in [0.1, 0.15) is 0 Å². The molecule has 148 valence electrons. The summed E-state index contributed by atoms with van der Waals surface area (Å²) in [6, 6.07) is 5.93. The van der Waals surface area contributed by atoms with Crippen LogP contribution in [0.15, 0.2) is 29.2 Å². The van der Waals surface area contributed by atoms with Crippen molar-refractivity contribution < 1.29 is 23.1 Å². The van der Waals surface area contributed by atoms with E-state index >= 15 is 0 Å². The van der Waals surface area contributed by atoms with E-state index in [1.54, 1.807) is 4.90 Å². The van der Waals surface area contributed by atoms with Crippen LogP contribution in [0.1, 0.15) is 43.5 Å². The summed E-state index contributed by atoms with van der Waals surface area (Å²) in [5.41, 5.74) is -0.510. The average molecular weight is 394 g/mol. The number of carbonyl (C=O) groups is 2. The molecule has 3 rings (SSSR count). The monoisotopic (exact) mass is 394 g/mol. The second-order valence-corrected chi connectivity index (χ2v) is 9.29. The summed E-state index contributed by atoms with van der Waals surface area (Å²) in [5, 5.41) is 9.66. The standard InChI is InChI=1S/C19H26N2O5S/c1-3-20(4-2)17(22)14-7-9-16(10-8-14)27(25,26)21-12-15-6-5-11-19(15,13-21)18(23)24/h7-10,15H,3-6,11-13H2,1-2H3,(H,23,24)/t15-,19+/m0/s1. The number of nitrogens with zero attached hydrogens (tertiary/aromatic N) is 2. The highest BCUT2D eigenvalue weighted by Crippen LogP contribution is 2.50. The number of carboxylic acid groups (broad SMARTS) is 1. The Morgan fingerprint density at radius 1 is 1.22 bits per heavy atom. The minimum Gasteiger partial charge on any atom is -0.481 e. The van der Waals surface area contributed by atoms with Crippen LogP contribution in [0.4, 0.5) is 0 Å². The third-order valence-electron chi connectivity index (χ3n) is 6.06. The molecule has 0 aromatic heterocycles. The van der Waals surface area contributed by atoms with Crippen LogP contribution in [0.2, 0.25) is 0 Å². The van der Waals surface area contributed by atoms with E-state index in [0.717, 1.165) is 12.8 Å². The van der Waals surface area contributed by atoms with E-state index < -0.39 is 21.4 Å². The molecule has 8 heteroatoms. The molecule has 1 aromatic carbocycles. The molecule has 1 amide bonds. The number of aliphatic carboxylic acids is 1. The van der Waals surface area contributed by atoms with Crippen molar-refractivity contribution in [2.75, 3.05) is 26.2 Å². The van der Waals surface area contributed by atoms with Crippen molar-refractivity contribution in [3.05, 3.63) is 29.8 Å². The van der Waals surface area contributed by atoms with Crippen molar-refractivity contribution in [2.24, 2.45) is 11.3 Å². The van der Waals surface area contributed by atoms with Crippen LogP contribution in [0.3, 0.4) is 0 Å². The van der Waals surface area contributed by atoms with Crippen molar-refractivity contribution in [3.63, 3.8) is 0 Å². The molecule has 1 saturated carbocycles. The lowest BCUT2D eigenvalue weighted by atomic mass is 9.81. The zero-order valence-electron chi connectivity index (χ0n) is 15.7. The molecule has 1 aliphatic carbocycles. The zero-order valence-corrected chi connectivity index (χ0v) is 16.5. The number of carbonyl (C=O) groups excluding carboxylic acids is 1. The maximum atomic E-state index is 13.0. The number of amides is 1. The molecule has 0 spiro atoms. The fourth-order valence-corrected chi connectivity index (χ4v) is 5.94. The van der Waals surface area contributed by atoms with Crippen molar-refractivity contribution in [1.29, 1.82) is 0 Å². The average Bonchev–Trinajstić information content (AvgIpc) is 3.21. The number of sulfonamides is 1. The Kier molecular flexibility index (Phi) is 5.31. The number of carboxylic acids is 1. The van der Waals surface area contributed by atoms with Crippen molar-refractivity contribution >= 4 is 21.9 Å². The molecule has 0 unspecified atom stereocenters. The van der Waals surface area contributed by atoms with Gasteiger partial charge in [-0.15, -0.1) is 0 Å². The van der Waals surface area contributed by atoms with Crippen LogP contribution in [-0.4, -0.2) is 60.8 Å². The van der Waals surface area contributed by atoms with Gasteiger partial charge in [-0.3, -0.25) is 9.59 Å². The molecule has 2 fully saturated rings.